The Morgan fingerprint density at radius 3 is 2.94 bits per heavy atom. The molecular formula is C14H17ClN2O. The second-order valence-corrected chi connectivity index (χ2v) is 4.91. The van der Waals surface area contributed by atoms with E-state index in [4.69, 9.17) is 5.73 Å². The second-order valence-electron chi connectivity index (χ2n) is 4.91. The summed E-state index contributed by atoms with van der Waals surface area (Å²) in [6, 6.07) is 8.28. The van der Waals surface area contributed by atoms with Crippen molar-refractivity contribution in [2.24, 2.45) is 5.73 Å². The molecule has 0 amide bonds. The number of nitrogens with zero attached hydrogens (tertiary/aromatic N) is 1. The summed E-state index contributed by atoms with van der Waals surface area (Å²) < 4.78 is 1.91. The Hall–Kier alpha value is -1.32. The maximum absolute atomic E-state index is 12.3. The van der Waals surface area contributed by atoms with E-state index in [0.29, 0.717) is 6.42 Å². The lowest BCUT2D eigenvalue weighted by atomic mass is 10.0. The largest absolute Gasteiger partial charge is 0.328 e. The third-order valence-electron chi connectivity index (χ3n) is 3.42. The van der Waals surface area contributed by atoms with E-state index in [2.05, 4.69) is 18.2 Å². The van der Waals surface area contributed by atoms with Crippen LogP contribution in [0.5, 0.6) is 0 Å². The van der Waals surface area contributed by atoms with Crippen LogP contribution in [-0.4, -0.2) is 10.6 Å². The van der Waals surface area contributed by atoms with Gasteiger partial charge in [0.25, 0.3) is 5.56 Å². The van der Waals surface area contributed by atoms with Gasteiger partial charge in [-0.05, 0) is 36.8 Å². The predicted octanol–water partition coefficient (Wildman–Crippen LogP) is 1.87. The van der Waals surface area contributed by atoms with Crippen LogP contribution < -0.4 is 11.3 Å². The van der Waals surface area contributed by atoms with Crippen molar-refractivity contribution in [1.82, 2.24) is 4.57 Å². The van der Waals surface area contributed by atoms with Crippen LogP contribution in [-0.2, 0) is 19.4 Å². The Balaban J connectivity index is 0.00000120. The Labute approximate surface area is 112 Å². The first kappa shape index (κ1) is 13.1. The molecule has 1 atom stereocenters. The fourth-order valence-electron chi connectivity index (χ4n) is 2.72. The third kappa shape index (κ3) is 1.93. The number of halogens is 1. The van der Waals surface area contributed by atoms with Crippen molar-refractivity contribution < 1.29 is 0 Å². The van der Waals surface area contributed by atoms with Gasteiger partial charge >= 0.3 is 0 Å². The van der Waals surface area contributed by atoms with Crippen LogP contribution in [0.3, 0.4) is 0 Å². The molecule has 1 aliphatic heterocycles. The molecule has 1 aliphatic rings. The molecule has 2 N–H and O–H groups in total. The molecule has 1 aromatic carbocycles. The summed E-state index contributed by atoms with van der Waals surface area (Å²) in [5.74, 6) is 0. The van der Waals surface area contributed by atoms with Crippen molar-refractivity contribution in [3.63, 3.8) is 0 Å². The van der Waals surface area contributed by atoms with Crippen LogP contribution >= 0.6 is 12.4 Å². The highest BCUT2D eigenvalue weighted by Gasteiger charge is 2.17. The average Bonchev–Trinajstić information content (AvgIpc) is 2.70. The van der Waals surface area contributed by atoms with E-state index >= 15 is 0 Å². The quantitative estimate of drug-likeness (QED) is 0.900. The summed E-state index contributed by atoms with van der Waals surface area (Å²) in [6.45, 7) is 2.74. The maximum Gasteiger partial charge on any atom is 0.254 e. The van der Waals surface area contributed by atoms with Crippen molar-refractivity contribution in [2.75, 3.05) is 0 Å². The van der Waals surface area contributed by atoms with E-state index in [1.807, 2.05) is 17.6 Å². The van der Waals surface area contributed by atoms with Gasteiger partial charge in [0.05, 0.1) is 5.52 Å². The van der Waals surface area contributed by atoms with Gasteiger partial charge in [-0.3, -0.25) is 4.79 Å². The number of pyridine rings is 1. The van der Waals surface area contributed by atoms with Crippen LogP contribution in [0.15, 0.2) is 29.1 Å². The van der Waals surface area contributed by atoms with Crippen LogP contribution in [0.2, 0.25) is 0 Å². The minimum Gasteiger partial charge on any atom is -0.328 e. The summed E-state index contributed by atoms with van der Waals surface area (Å²) in [5.41, 5.74) is 9.17. The van der Waals surface area contributed by atoms with Gasteiger partial charge in [-0.15, -0.1) is 12.4 Å². The van der Waals surface area contributed by atoms with Crippen molar-refractivity contribution in [1.29, 1.82) is 0 Å². The van der Waals surface area contributed by atoms with Crippen LogP contribution in [0.4, 0.5) is 0 Å². The van der Waals surface area contributed by atoms with Crippen LogP contribution in [0.1, 0.15) is 18.1 Å². The van der Waals surface area contributed by atoms with Crippen molar-refractivity contribution in [2.45, 2.75) is 32.4 Å². The third-order valence-corrected chi connectivity index (χ3v) is 3.42. The molecule has 0 spiro atoms. The summed E-state index contributed by atoms with van der Waals surface area (Å²) in [5, 5.41) is 1.16. The number of hydrogen-bond donors (Lipinski definition) is 1. The number of rotatable bonds is 2. The molecular weight excluding hydrogens is 248 g/mol. The molecule has 1 aromatic heterocycles. The lowest BCUT2D eigenvalue weighted by Crippen LogP contribution is -2.27. The average molecular weight is 265 g/mol. The maximum atomic E-state index is 12.3. The molecule has 0 aliphatic carbocycles. The number of aromatic nitrogens is 1. The van der Waals surface area contributed by atoms with Gasteiger partial charge in [0.15, 0.2) is 0 Å². The van der Waals surface area contributed by atoms with Gasteiger partial charge in [0.1, 0.15) is 0 Å². The smallest absolute Gasteiger partial charge is 0.254 e. The highest BCUT2D eigenvalue weighted by molar-refractivity contribution is 5.85. The van der Waals surface area contributed by atoms with Crippen LogP contribution in [0.25, 0.3) is 10.9 Å². The molecule has 2 aromatic rings. The zero-order valence-electron chi connectivity index (χ0n) is 10.3. The zero-order valence-corrected chi connectivity index (χ0v) is 11.2. The Kier molecular flexibility index (Phi) is 3.46. The van der Waals surface area contributed by atoms with Gasteiger partial charge in [0.2, 0.25) is 0 Å². The zero-order chi connectivity index (χ0) is 12.0. The molecule has 0 bridgehead atoms. The van der Waals surface area contributed by atoms with Gasteiger partial charge in [0, 0.05) is 18.2 Å². The van der Waals surface area contributed by atoms with Crippen LogP contribution in [0, 0.1) is 0 Å². The first-order chi connectivity index (χ1) is 8.16. The van der Waals surface area contributed by atoms with Crippen molar-refractivity contribution >= 4 is 23.3 Å². The topological polar surface area (TPSA) is 48.0 Å². The number of aryl methyl sites for hydroxylation is 2. The van der Waals surface area contributed by atoms with E-state index in [0.717, 1.165) is 29.4 Å². The molecule has 0 fully saturated rings. The first-order valence-electron chi connectivity index (χ1n) is 6.06. The number of para-hydroxylation sites is 1. The summed E-state index contributed by atoms with van der Waals surface area (Å²) >= 11 is 0. The second kappa shape index (κ2) is 4.75. The van der Waals surface area contributed by atoms with Crippen molar-refractivity contribution in [3.05, 3.63) is 45.7 Å². The standard InChI is InChI=1S/C14H16N2O.ClH/c1-9(15)7-12-8-11-4-2-3-10-5-6-16(13(10)11)14(12)17;/h2-4,8-9H,5-7,15H2,1H3;1H. The summed E-state index contributed by atoms with van der Waals surface area (Å²) in [6.07, 6.45) is 1.62. The lowest BCUT2D eigenvalue weighted by Gasteiger charge is -2.09. The number of hydrogen-bond acceptors (Lipinski definition) is 2. The van der Waals surface area contributed by atoms with E-state index in [1.54, 1.807) is 0 Å². The molecule has 2 heterocycles. The fraction of sp³-hybridized carbons (Fsp3) is 0.357. The highest BCUT2D eigenvalue weighted by atomic mass is 35.5. The van der Waals surface area contributed by atoms with E-state index in [9.17, 15) is 4.79 Å². The Morgan fingerprint density at radius 2 is 2.22 bits per heavy atom. The molecule has 0 saturated heterocycles. The Morgan fingerprint density at radius 1 is 1.44 bits per heavy atom. The van der Waals surface area contributed by atoms with Crippen molar-refractivity contribution in [3.8, 4) is 0 Å². The summed E-state index contributed by atoms with van der Waals surface area (Å²) in [4.78, 5) is 12.3. The SMILES string of the molecule is CC(N)Cc1cc2cccc3c2n(c1=O)CC3.Cl. The summed E-state index contributed by atoms with van der Waals surface area (Å²) in [7, 11) is 0. The van der Waals surface area contributed by atoms with Gasteiger partial charge in [-0.1, -0.05) is 18.2 Å². The molecule has 96 valence electrons. The van der Waals surface area contributed by atoms with Gasteiger partial charge in [-0.2, -0.15) is 0 Å². The molecule has 4 heteroatoms. The molecule has 0 saturated carbocycles. The predicted molar refractivity (Wildman–Crippen MR) is 76.5 cm³/mol. The Bertz CT molecular complexity index is 646. The van der Waals surface area contributed by atoms with Gasteiger partial charge < -0.3 is 10.3 Å². The molecule has 3 rings (SSSR count). The monoisotopic (exact) mass is 264 g/mol. The highest BCUT2D eigenvalue weighted by Crippen LogP contribution is 2.24. The minimum absolute atomic E-state index is 0. The van der Waals surface area contributed by atoms with Gasteiger partial charge in [-0.25, -0.2) is 0 Å². The fourth-order valence-corrected chi connectivity index (χ4v) is 2.72. The number of benzene rings is 1. The van der Waals surface area contributed by atoms with E-state index < -0.39 is 0 Å². The number of nitrogens with two attached hydrogens (primary N) is 1. The first-order valence-corrected chi connectivity index (χ1v) is 6.06. The molecule has 18 heavy (non-hydrogen) atoms. The minimum atomic E-state index is 0. The molecule has 1 unspecified atom stereocenters. The van der Waals surface area contributed by atoms with E-state index in [1.165, 1.54) is 5.56 Å². The molecule has 0 radical (unpaired) electrons. The van der Waals surface area contributed by atoms with E-state index in [-0.39, 0.29) is 24.0 Å². The normalized spacial score (nSPS) is 14.6. The molecule has 3 nitrogen and oxygen atoms in total. The lowest BCUT2D eigenvalue weighted by molar-refractivity contribution is 0.696.